The van der Waals surface area contributed by atoms with Gasteiger partial charge in [0.15, 0.2) is 0 Å². The van der Waals surface area contributed by atoms with E-state index in [2.05, 4.69) is 0 Å². The summed E-state index contributed by atoms with van der Waals surface area (Å²) in [6.07, 6.45) is 7.39. The van der Waals surface area contributed by atoms with E-state index in [0.29, 0.717) is 44.2 Å². The van der Waals surface area contributed by atoms with Crippen LogP contribution < -0.4 is 4.74 Å². The van der Waals surface area contributed by atoms with Crippen molar-refractivity contribution < 1.29 is 23.8 Å². The summed E-state index contributed by atoms with van der Waals surface area (Å²) >= 11 is 0. The van der Waals surface area contributed by atoms with E-state index >= 15 is 0 Å². The van der Waals surface area contributed by atoms with Gasteiger partial charge in [0.1, 0.15) is 11.4 Å². The zero-order valence-electron chi connectivity index (χ0n) is 20.3. The molecule has 33 heavy (non-hydrogen) atoms. The van der Waals surface area contributed by atoms with Crippen molar-refractivity contribution in [3.8, 4) is 5.75 Å². The van der Waals surface area contributed by atoms with Crippen molar-refractivity contribution in [3.05, 3.63) is 35.5 Å². The molecule has 0 bridgehead atoms. The Morgan fingerprint density at radius 3 is 2.00 bits per heavy atom. The van der Waals surface area contributed by atoms with Crippen molar-refractivity contribution in [1.29, 1.82) is 0 Å². The summed E-state index contributed by atoms with van der Waals surface area (Å²) in [6.45, 7) is 4.43. The molecule has 1 aromatic rings. The summed E-state index contributed by atoms with van der Waals surface area (Å²) in [4.78, 5) is 31.1. The number of rotatable bonds is 11. The number of imide groups is 1. The summed E-state index contributed by atoms with van der Waals surface area (Å²) in [6, 6.07) is 7.41. The number of nitrogens with zero attached hydrogens (tertiary/aromatic N) is 2. The van der Waals surface area contributed by atoms with Gasteiger partial charge < -0.3 is 19.1 Å². The van der Waals surface area contributed by atoms with Crippen LogP contribution >= 0.6 is 0 Å². The molecule has 0 spiro atoms. The monoisotopic (exact) mass is 458 g/mol. The Balaban J connectivity index is 2.01. The van der Waals surface area contributed by atoms with Gasteiger partial charge in [-0.15, -0.1) is 0 Å². The molecule has 0 unspecified atom stereocenters. The lowest BCUT2D eigenvalue weighted by Crippen LogP contribution is -2.43. The van der Waals surface area contributed by atoms with Crippen molar-refractivity contribution >= 4 is 17.4 Å². The van der Waals surface area contributed by atoms with E-state index in [-0.39, 0.29) is 17.9 Å². The summed E-state index contributed by atoms with van der Waals surface area (Å²) in [5.74, 6) is 0.360. The first kappa shape index (κ1) is 25.2. The molecular formula is C26H38N2O5. The van der Waals surface area contributed by atoms with Crippen LogP contribution in [0.4, 0.5) is 0 Å². The molecule has 7 nitrogen and oxygen atoms in total. The molecule has 0 aromatic heterocycles. The Morgan fingerprint density at radius 1 is 0.879 bits per heavy atom. The second-order valence-electron chi connectivity index (χ2n) is 8.63. The molecule has 2 amide bonds. The minimum Gasteiger partial charge on any atom is -0.494 e. The van der Waals surface area contributed by atoms with Crippen molar-refractivity contribution in [2.45, 2.75) is 57.9 Å². The number of amides is 2. The van der Waals surface area contributed by atoms with E-state index in [1.807, 2.05) is 36.1 Å². The lowest BCUT2D eigenvalue weighted by molar-refractivity contribution is -0.140. The number of hydrogen-bond donors (Lipinski definition) is 0. The van der Waals surface area contributed by atoms with Crippen LogP contribution in [0, 0.1) is 0 Å². The fraction of sp³-hybridized carbons (Fsp3) is 0.615. The zero-order chi connectivity index (χ0) is 23.6. The van der Waals surface area contributed by atoms with Crippen LogP contribution in [0.1, 0.15) is 57.4 Å². The van der Waals surface area contributed by atoms with Crippen LogP contribution in [0.5, 0.6) is 5.75 Å². The Hall–Kier alpha value is -2.38. The van der Waals surface area contributed by atoms with E-state index in [0.717, 1.165) is 49.8 Å². The van der Waals surface area contributed by atoms with Crippen LogP contribution in [0.15, 0.2) is 30.0 Å². The molecule has 182 valence electrons. The first-order chi connectivity index (χ1) is 16.1. The van der Waals surface area contributed by atoms with Crippen molar-refractivity contribution in [2.75, 3.05) is 47.1 Å². The van der Waals surface area contributed by atoms with Gasteiger partial charge in [0.2, 0.25) is 0 Å². The number of benzene rings is 1. The number of carbonyl (C=O) groups is 2. The predicted octanol–water partition coefficient (Wildman–Crippen LogP) is 3.87. The van der Waals surface area contributed by atoms with Gasteiger partial charge in [-0.2, -0.15) is 0 Å². The third-order valence-electron chi connectivity index (χ3n) is 6.43. The average molecular weight is 459 g/mol. The van der Waals surface area contributed by atoms with Crippen molar-refractivity contribution in [1.82, 2.24) is 9.80 Å². The van der Waals surface area contributed by atoms with Crippen LogP contribution in [-0.2, 0) is 19.1 Å². The molecule has 0 radical (unpaired) electrons. The van der Waals surface area contributed by atoms with E-state index in [1.165, 1.54) is 6.42 Å². The second-order valence-corrected chi connectivity index (χ2v) is 8.63. The highest BCUT2D eigenvalue weighted by Crippen LogP contribution is 2.36. The second kappa shape index (κ2) is 12.8. The van der Waals surface area contributed by atoms with Gasteiger partial charge in [0, 0.05) is 33.4 Å². The minimum absolute atomic E-state index is 0.0489. The maximum atomic E-state index is 13.8. The Morgan fingerprint density at radius 2 is 1.45 bits per heavy atom. The zero-order valence-corrected chi connectivity index (χ0v) is 20.3. The molecule has 2 aliphatic rings. The summed E-state index contributed by atoms with van der Waals surface area (Å²) in [5.41, 5.74) is 1.66. The number of methoxy groups -OCH3 is 2. The molecule has 0 atom stereocenters. The van der Waals surface area contributed by atoms with E-state index in [1.54, 1.807) is 19.1 Å². The smallest absolute Gasteiger partial charge is 0.278 e. The van der Waals surface area contributed by atoms with Crippen LogP contribution in [-0.4, -0.2) is 74.8 Å². The molecule has 1 aromatic carbocycles. The topological polar surface area (TPSA) is 68.3 Å². The summed E-state index contributed by atoms with van der Waals surface area (Å²) < 4.78 is 16.2. The molecule has 1 heterocycles. The predicted molar refractivity (Wildman–Crippen MR) is 128 cm³/mol. The van der Waals surface area contributed by atoms with Gasteiger partial charge in [0.25, 0.3) is 11.8 Å². The third-order valence-corrected chi connectivity index (χ3v) is 6.43. The highest BCUT2D eigenvalue weighted by molar-refractivity contribution is 6.35. The van der Waals surface area contributed by atoms with Gasteiger partial charge in [-0.05, 0) is 37.5 Å². The molecule has 0 saturated heterocycles. The van der Waals surface area contributed by atoms with Gasteiger partial charge in [0.05, 0.1) is 25.4 Å². The molecule has 0 N–H and O–H groups in total. The van der Waals surface area contributed by atoms with Crippen LogP contribution in [0.3, 0.4) is 0 Å². The third kappa shape index (κ3) is 6.15. The lowest BCUT2D eigenvalue weighted by Gasteiger charge is -2.30. The summed E-state index contributed by atoms with van der Waals surface area (Å²) in [5, 5.41) is 0. The normalized spacial score (nSPS) is 18.0. The lowest BCUT2D eigenvalue weighted by atomic mass is 9.95. The number of ether oxygens (including phenoxy) is 3. The fourth-order valence-electron chi connectivity index (χ4n) is 4.74. The van der Waals surface area contributed by atoms with E-state index in [4.69, 9.17) is 14.2 Å². The standard InChI is InChI=1S/C26H38N2O5/c1-4-33-22-14-12-20(13-15-22)23-24(27(16-18-31-2)17-19-32-3)26(30)28(25(23)29)21-10-8-6-5-7-9-11-21/h12-15,21H,4-11,16-19H2,1-3H3. The minimum atomic E-state index is -0.193. The van der Waals surface area contributed by atoms with Crippen molar-refractivity contribution in [2.24, 2.45) is 0 Å². The Kier molecular flexibility index (Phi) is 9.76. The van der Waals surface area contributed by atoms with E-state index < -0.39 is 0 Å². The number of hydrogen-bond acceptors (Lipinski definition) is 6. The van der Waals surface area contributed by atoms with Gasteiger partial charge in [-0.1, -0.05) is 44.2 Å². The SMILES string of the molecule is CCOc1ccc(C2=C(N(CCOC)CCOC)C(=O)N(C3CCCCCCC3)C2=O)cc1. The van der Waals surface area contributed by atoms with Crippen LogP contribution in [0.2, 0.25) is 0 Å². The fourth-order valence-corrected chi connectivity index (χ4v) is 4.74. The molecule has 7 heteroatoms. The van der Waals surface area contributed by atoms with Gasteiger partial charge in [-0.25, -0.2) is 0 Å². The Bertz CT molecular complexity index is 804. The van der Waals surface area contributed by atoms with Crippen LogP contribution in [0.25, 0.3) is 5.57 Å². The first-order valence-corrected chi connectivity index (χ1v) is 12.2. The largest absolute Gasteiger partial charge is 0.494 e. The highest BCUT2D eigenvalue weighted by atomic mass is 16.5. The first-order valence-electron chi connectivity index (χ1n) is 12.2. The van der Waals surface area contributed by atoms with Crippen molar-refractivity contribution in [3.63, 3.8) is 0 Å². The molecule has 1 aliphatic heterocycles. The molecule has 1 saturated carbocycles. The maximum absolute atomic E-state index is 13.8. The van der Waals surface area contributed by atoms with E-state index in [9.17, 15) is 9.59 Å². The maximum Gasteiger partial charge on any atom is 0.278 e. The molecule has 1 aliphatic carbocycles. The molecular weight excluding hydrogens is 420 g/mol. The average Bonchev–Trinajstić information content (AvgIpc) is 3.05. The molecule has 1 fully saturated rings. The highest BCUT2D eigenvalue weighted by Gasteiger charge is 2.44. The summed E-state index contributed by atoms with van der Waals surface area (Å²) in [7, 11) is 3.28. The van der Waals surface area contributed by atoms with Gasteiger partial charge in [-0.3, -0.25) is 14.5 Å². The molecule has 3 rings (SSSR count). The number of carbonyl (C=O) groups excluding carboxylic acids is 2. The quantitative estimate of drug-likeness (QED) is 0.469. The Labute approximate surface area is 197 Å². The van der Waals surface area contributed by atoms with Gasteiger partial charge >= 0.3 is 0 Å².